The Labute approximate surface area is 100 Å². The van der Waals surface area contributed by atoms with Crippen LogP contribution in [0.2, 0.25) is 0 Å². The van der Waals surface area contributed by atoms with Crippen LogP contribution in [0.1, 0.15) is 18.5 Å². The second-order valence-corrected chi connectivity index (χ2v) is 4.71. The molecule has 0 aromatic carbocycles. The maximum absolute atomic E-state index is 12.1. The van der Waals surface area contributed by atoms with Crippen molar-refractivity contribution in [2.24, 2.45) is 5.92 Å². The van der Waals surface area contributed by atoms with Crippen LogP contribution >= 0.6 is 22.6 Å². The van der Waals surface area contributed by atoms with Crippen molar-refractivity contribution in [3.63, 3.8) is 0 Å². The summed E-state index contributed by atoms with van der Waals surface area (Å²) in [5.41, 5.74) is 0.657. The van der Waals surface area contributed by atoms with Crippen LogP contribution in [-0.2, 0) is 6.42 Å². The Morgan fingerprint density at radius 3 is 2.80 bits per heavy atom. The van der Waals surface area contributed by atoms with E-state index in [9.17, 15) is 8.78 Å². The number of hydrogen-bond donors (Lipinski definition) is 0. The lowest BCUT2D eigenvalue weighted by molar-refractivity contribution is -0.0507. The molecule has 0 unspecified atom stereocenters. The average molecular weight is 325 g/mol. The van der Waals surface area contributed by atoms with Gasteiger partial charge in [-0.3, -0.25) is 0 Å². The maximum atomic E-state index is 12.1. The van der Waals surface area contributed by atoms with Crippen LogP contribution in [0.4, 0.5) is 8.78 Å². The summed E-state index contributed by atoms with van der Waals surface area (Å²) in [6.45, 7) is -2.77. The van der Waals surface area contributed by atoms with Gasteiger partial charge in [0.05, 0.1) is 5.69 Å². The van der Waals surface area contributed by atoms with Gasteiger partial charge in [0.1, 0.15) is 9.45 Å². The summed E-state index contributed by atoms with van der Waals surface area (Å²) >= 11 is 2.07. The summed E-state index contributed by atoms with van der Waals surface area (Å²) in [6.07, 6.45) is 3.08. The van der Waals surface area contributed by atoms with Crippen LogP contribution in [0.3, 0.4) is 0 Å². The molecule has 1 aliphatic rings. The van der Waals surface area contributed by atoms with E-state index in [2.05, 4.69) is 32.3 Å². The summed E-state index contributed by atoms with van der Waals surface area (Å²) < 4.78 is 29.4. The van der Waals surface area contributed by atoms with Crippen LogP contribution in [0.5, 0.6) is 5.75 Å². The van der Waals surface area contributed by atoms with E-state index in [0.29, 0.717) is 11.6 Å². The number of nitrogens with zero attached hydrogens (tertiary/aromatic N) is 1. The minimum absolute atomic E-state index is 0.220. The zero-order valence-electron chi connectivity index (χ0n) is 7.92. The Morgan fingerprint density at radius 1 is 1.47 bits per heavy atom. The van der Waals surface area contributed by atoms with E-state index in [1.54, 1.807) is 12.1 Å². The smallest absolute Gasteiger partial charge is 0.387 e. The average Bonchev–Trinajstić information content (AvgIpc) is 2.93. The molecule has 0 spiro atoms. The van der Waals surface area contributed by atoms with Gasteiger partial charge in [-0.2, -0.15) is 8.78 Å². The quantitative estimate of drug-likeness (QED) is 0.626. The molecule has 5 heteroatoms. The van der Waals surface area contributed by atoms with Crippen molar-refractivity contribution in [3.05, 3.63) is 21.5 Å². The standard InChI is InChI=1S/C10H10F2INO/c11-10(12)15-8-3-4-9(13)14-7(8)5-6-1-2-6/h3-4,6,10H,1-2,5H2. The van der Waals surface area contributed by atoms with Gasteiger partial charge in [0, 0.05) is 0 Å². The van der Waals surface area contributed by atoms with Gasteiger partial charge in [-0.05, 0) is 59.9 Å². The third-order valence-corrected chi connectivity index (χ3v) is 2.89. The molecule has 0 atom stereocenters. The number of pyridine rings is 1. The molecule has 1 aliphatic carbocycles. The molecule has 0 saturated heterocycles. The van der Waals surface area contributed by atoms with Crippen LogP contribution in [0.15, 0.2) is 12.1 Å². The van der Waals surface area contributed by atoms with Gasteiger partial charge in [-0.1, -0.05) is 0 Å². The van der Waals surface area contributed by atoms with Crippen molar-refractivity contribution in [2.75, 3.05) is 0 Å². The molecule has 1 fully saturated rings. The van der Waals surface area contributed by atoms with Crippen molar-refractivity contribution in [3.8, 4) is 5.75 Å². The molecule has 1 heterocycles. The normalized spacial score (nSPS) is 15.7. The van der Waals surface area contributed by atoms with Crippen molar-refractivity contribution in [1.82, 2.24) is 4.98 Å². The summed E-state index contributed by atoms with van der Waals surface area (Å²) in [5, 5.41) is 0. The lowest BCUT2D eigenvalue weighted by Crippen LogP contribution is -2.06. The lowest BCUT2D eigenvalue weighted by Gasteiger charge is -2.09. The number of ether oxygens (including phenoxy) is 1. The molecule has 1 aromatic rings. The Hall–Kier alpha value is -0.460. The van der Waals surface area contributed by atoms with Crippen molar-refractivity contribution < 1.29 is 13.5 Å². The highest BCUT2D eigenvalue weighted by Crippen LogP contribution is 2.35. The molecular formula is C10H10F2INO. The Morgan fingerprint density at radius 2 is 2.20 bits per heavy atom. The predicted molar refractivity (Wildman–Crippen MR) is 60.0 cm³/mol. The number of halogens is 3. The molecule has 0 aliphatic heterocycles. The van der Waals surface area contributed by atoms with Crippen molar-refractivity contribution >= 4 is 22.6 Å². The molecule has 2 rings (SSSR count). The molecule has 15 heavy (non-hydrogen) atoms. The molecule has 0 radical (unpaired) electrons. The fourth-order valence-corrected chi connectivity index (χ4v) is 1.88. The third-order valence-electron chi connectivity index (χ3n) is 2.29. The Bertz CT molecular complexity index is 355. The molecule has 2 nitrogen and oxygen atoms in total. The summed E-state index contributed by atoms with van der Waals surface area (Å²) in [7, 11) is 0. The highest BCUT2D eigenvalue weighted by Gasteiger charge is 2.24. The number of hydrogen-bond acceptors (Lipinski definition) is 2. The molecule has 1 saturated carbocycles. The minimum Gasteiger partial charge on any atom is -0.433 e. The first-order chi connectivity index (χ1) is 7.15. The zero-order chi connectivity index (χ0) is 10.8. The highest BCUT2D eigenvalue weighted by atomic mass is 127. The van der Waals surface area contributed by atoms with Gasteiger partial charge >= 0.3 is 6.61 Å². The largest absolute Gasteiger partial charge is 0.433 e. The van der Waals surface area contributed by atoms with Gasteiger partial charge < -0.3 is 4.74 Å². The van der Waals surface area contributed by atoms with Crippen molar-refractivity contribution in [2.45, 2.75) is 25.9 Å². The predicted octanol–water partition coefficient (Wildman–Crippen LogP) is 3.24. The van der Waals surface area contributed by atoms with Crippen molar-refractivity contribution in [1.29, 1.82) is 0 Å². The van der Waals surface area contributed by atoms with Gasteiger partial charge in [0.25, 0.3) is 0 Å². The second kappa shape index (κ2) is 4.59. The third kappa shape index (κ3) is 3.25. The van der Waals surface area contributed by atoms with Gasteiger partial charge in [0.2, 0.25) is 0 Å². The Balaban J connectivity index is 2.17. The number of aromatic nitrogens is 1. The first kappa shape index (κ1) is 11.0. The van der Waals surface area contributed by atoms with E-state index >= 15 is 0 Å². The van der Waals surface area contributed by atoms with E-state index in [0.717, 1.165) is 10.1 Å². The van der Waals surface area contributed by atoms with Gasteiger partial charge in [0.15, 0.2) is 0 Å². The van der Waals surface area contributed by atoms with Crippen LogP contribution in [0, 0.1) is 9.62 Å². The lowest BCUT2D eigenvalue weighted by atomic mass is 10.2. The van der Waals surface area contributed by atoms with E-state index in [1.807, 2.05) is 0 Å². The number of alkyl halides is 2. The first-order valence-electron chi connectivity index (χ1n) is 4.75. The SMILES string of the molecule is FC(F)Oc1ccc(I)nc1CC1CC1. The van der Waals surface area contributed by atoms with E-state index < -0.39 is 6.61 Å². The first-order valence-corrected chi connectivity index (χ1v) is 5.83. The maximum Gasteiger partial charge on any atom is 0.387 e. The van der Waals surface area contributed by atoms with E-state index in [4.69, 9.17) is 0 Å². The second-order valence-electron chi connectivity index (χ2n) is 3.60. The molecule has 82 valence electrons. The van der Waals surface area contributed by atoms with Gasteiger partial charge in [-0.15, -0.1) is 0 Å². The van der Waals surface area contributed by atoms with Crippen LogP contribution in [0.25, 0.3) is 0 Å². The minimum atomic E-state index is -2.77. The molecular weight excluding hydrogens is 315 g/mol. The summed E-state index contributed by atoms with van der Waals surface area (Å²) in [5.74, 6) is 0.827. The highest BCUT2D eigenvalue weighted by molar-refractivity contribution is 14.1. The van der Waals surface area contributed by atoms with Gasteiger partial charge in [-0.25, -0.2) is 4.98 Å². The van der Waals surface area contributed by atoms with Crippen LogP contribution < -0.4 is 4.74 Å². The fraction of sp³-hybridized carbons (Fsp3) is 0.500. The number of rotatable bonds is 4. The monoisotopic (exact) mass is 325 g/mol. The molecule has 0 bridgehead atoms. The zero-order valence-corrected chi connectivity index (χ0v) is 10.1. The van der Waals surface area contributed by atoms with E-state index in [-0.39, 0.29) is 5.75 Å². The Kier molecular flexibility index (Phi) is 3.38. The molecule has 0 N–H and O–H groups in total. The molecule has 0 amide bonds. The topological polar surface area (TPSA) is 22.1 Å². The summed E-state index contributed by atoms with van der Waals surface area (Å²) in [6, 6.07) is 3.24. The van der Waals surface area contributed by atoms with E-state index in [1.165, 1.54) is 12.8 Å². The molecule has 1 aromatic heterocycles. The summed E-state index contributed by atoms with van der Waals surface area (Å²) in [4.78, 5) is 4.23. The van der Waals surface area contributed by atoms with Crippen LogP contribution in [-0.4, -0.2) is 11.6 Å². The fourth-order valence-electron chi connectivity index (χ4n) is 1.41.